The van der Waals surface area contributed by atoms with Gasteiger partial charge in [0.05, 0.1) is 5.57 Å². The van der Waals surface area contributed by atoms with Gasteiger partial charge in [0.15, 0.2) is 17.3 Å². The number of hydrogen-bond donors (Lipinski definition) is 1. The zero-order valence-electron chi connectivity index (χ0n) is 18.2. The van der Waals surface area contributed by atoms with Crippen LogP contribution < -0.4 is 5.73 Å². The molecule has 1 atom stereocenters. The zero-order chi connectivity index (χ0) is 22.2. The first kappa shape index (κ1) is 19.9. The van der Waals surface area contributed by atoms with E-state index in [-0.39, 0.29) is 0 Å². The summed E-state index contributed by atoms with van der Waals surface area (Å²) in [5, 5.41) is 4.32. The highest BCUT2D eigenvalue weighted by Gasteiger charge is 2.23. The third-order valence-corrected chi connectivity index (χ3v) is 6.03. The van der Waals surface area contributed by atoms with Crippen molar-refractivity contribution in [3.8, 4) is 11.5 Å². The van der Waals surface area contributed by atoms with Crippen LogP contribution in [0.2, 0.25) is 0 Å². The number of aliphatic imine (C=N–C) groups is 1. The quantitative estimate of drug-likeness (QED) is 0.296. The average Bonchev–Trinajstić information content (AvgIpc) is 3.55. The maximum Gasteiger partial charge on any atom is 0.167 e. The van der Waals surface area contributed by atoms with Gasteiger partial charge in [-0.25, -0.2) is 14.6 Å². The molecule has 0 fully saturated rings. The molecule has 0 spiro atoms. The Labute approximate surface area is 186 Å². The maximum absolute atomic E-state index is 6.27. The summed E-state index contributed by atoms with van der Waals surface area (Å²) in [4.78, 5) is 14.0. The van der Waals surface area contributed by atoms with Crippen LogP contribution in [0, 0.1) is 0 Å². The van der Waals surface area contributed by atoms with E-state index in [4.69, 9.17) is 15.7 Å². The number of allylic oxidation sites excluding steroid dienone is 2. The normalized spacial score (nSPS) is 16.5. The number of amidine groups is 1. The van der Waals surface area contributed by atoms with Crippen LogP contribution >= 0.6 is 0 Å². The fraction of sp³-hybridized carbons (Fsp3) is 0.200. The highest BCUT2D eigenvalue weighted by Crippen LogP contribution is 2.35. The second kappa shape index (κ2) is 7.92. The molecular formula is C25H25N7. The largest absolute Gasteiger partial charge is 0.383 e. The van der Waals surface area contributed by atoms with Crippen molar-refractivity contribution >= 4 is 22.6 Å². The number of hydrogen-bond acceptors (Lipinski definition) is 4. The van der Waals surface area contributed by atoms with Crippen LogP contribution in [-0.2, 0) is 6.42 Å². The lowest BCUT2D eigenvalue weighted by Gasteiger charge is -2.13. The van der Waals surface area contributed by atoms with E-state index in [1.165, 1.54) is 17.5 Å². The van der Waals surface area contributed by atoms with Crippen molar-refractivity contribution in [3.05, 3.63) is 84.5 Å². The number of rotatable bonds is 5. The van der Waals surface area contributed by atoms with E-state index >= 15 is 0 Å². The Morgan fingerprint density at radius 3 is 2.88 bits per heavy atom. The Kier molecular flexibility index (Phi) is 4.93. The van der Waals surface area contributed by atoms with E-state index < -0.39 is 0 Å². The predicted molar refractivity (Wildman–Crippen MR) is 128 cm³/mol. The standard InChI is InChI=1S/C25H25N7/c1-4-6-20(23(26)27-3)24-29-21-11-12-22(31-14-5-13-28-31)30-25(21)32(24)18-9-10-19-16(2)7-8-17(19)15-18/h4-6,9-16H,1,7-8H2,2-3H3,(H2,26,27)/b20-6+. The summed E-state index contributed by atoms with van der Waals surface area (Å²) >= 11 is 0. The summed E-state index contributed by atoms with van der Waals surface area (Å²) in [7, 11) is 1.67. The van der Waals surface area contributed by atoms with Crippen LogP contribution in [0.4, 0.5) is 0 Å². The number of aryl methyl sites for hydroxylation is 1. The molecule has 1 aliphatic carbocycles. The smallest absolute Gasteiger partial charge is 0.167 e. The Bertz CT molecular complexity index is 1370. The Balaban J connectivity index is 1.80. The van der Waals surface area contributed by atoms with E-state index in [9.17, 15) is 0 Å². The summed E-state index contributed by atoms with van der Waals surface area (Å²) in [6, 6.07) is 12.4. The van der Waals surface area contributed by atoms with Gasteiger partial charge in [-0.1, -0.05) is 25.6 Å². The molecule has 0 bridgehead atoms. The van der Waals surface area contributed by atoms with E-state index in [0.717, 1.165) is 29.1 Å². The summed E-state index contributed by atoms with van der Waals surface area (Å²) < 4.78 is 3.79. The van der Waals surface area contributed by atoms with Gasteiger partial charge < -0.3 is 5.73 Å². The Morgan fingerprint density at radius 2 is 2.12 bits per heavy atom. The van der Waals surface area contributed by atoms with Gasteiger partial charge in [0, 0.05) is 25.1 Å². The van der Waals surface area contributed by atoms with Gasteiger partial charge >= 0.3 is 0 Å². The zero-order valence-corrected chi connectivity index (χ0v) is 18.2. The molecule has 0 saturated carbocycles. The van der Waals surface area contributed by atoms with Crippen LogP contribution in [0.15, 0.2) is 72.5 Å². The molecule has 0 saturated heterocycles. The van der Waals surface area contributed by atoms with Gasteiger partial charge in [0.25, 0.3) is 0 Å². The second-order valence-electron chi connectivity index (χ2n) is 7.98. The molecule has 5 rings (SSSR count). The summed E-state index contributed by atoms with van der Waals surface area (Å²) in [6.45, 7) is 6.13. The third kappa shape index (κ3) is 3.22. The molecule has 1 unspecified atom stereocenters. The second-order valence-corrected chi connectivity index (χ2v) is 7.98. The summed E-state index contributed by atoms with van der Waals surface area (Å²) in [6.07, 6.45) is 9.39. The molecule has 160 valence electrons. The Morgan fingerprint density at radius 1 is 1.25 bits per heavy atom. The minimum atomic E-state index is 0.392. The predicted octanol–water partition coefficient (Wildman–Crippen LogP) is 4.21. The lowest BCUT2D eigenvalue weighted by atomic mass is 10.0. The maximum atomic E-state index is 6.27. The number of nitrogens with zero attached hydrogens (tertiary/aromatic N) is 6. The van der Waals surface area contributed by atoms with Gasteiger partial charge in [-0.2, -0.15) is 5.10 Å². The fourth-order valence-corrected chi connectivity index (χ4v) is 4.37. The molecular weight excluding hydrogens is 398 g/mol. The Hall–Kier alpha value is -4.00. The molecule has 7 nitrogen and oxygen atoms in total. The molecule has 4 aromatic rings. The van der Waals surface area contributed by atoms with Gasteiger partial charge in [-0.05, 0) is 66.3 Å². The third-order valence-electron chi connectivity index (χ3n) is 6.03. The van der Waals surface area contributed by atoms with Crippen LogP contribution in [0.25, 0.3) is 28.2 Å². The van der Waals surface area contributed by atoms with Crippen LogP contribution in [0.5, 0.6) is 0 Å². The van der Waals surface area contributed by atoms with Gasteiger partial charge in [0.2, 0.25) is 0 Å². The first-order valence-corrected chi connectivity index (χ1v) is 10.7. The number of benzene rings is 1. The van der Waals surface area contributed by atoms with Crippen LogP contribution in [0.1, 0.15) is 36.2 Å². The fourth-order valence-electron chi connectivity index (χ4n) is 4.37. The number of fused-ring (bicyclic) bond motifs is 2. The topological polar surface area (TPSA) is 86.9 Å². The number of aromatic nitrogens is 5. The molecule has 3 heterocycles. The average molecular weight is 424 g/mol. The van der Waals surface area contributed by atoms with Crippen molar-refractivity contribution in [2.45, 2.75) is 25.7 Å². The van der Waals surface area contributed by atoms with Crippen molar-refractivity contribution in [2.24, 2.45) is 10.7 Å². The molecule has 0 radical (unpaired) electrons. The summed E-state index contributed by atoms with van der Waals surface area (Å²) in [5.41, 5.74) is 12.3. The van der Waals surface area contributed by atoms with Gasteiger partial charge in [-0.3, -0.25) is 9.56 Å². The number of pyridine rings is 1. The minimum absolute atomic E-state index is 0.392. The first-order chi connectivity index (χ1) is 15.6. The molecule has 1 aromatic carbocycles. The lowest BCUT2D eigenvalue weighted by molar-refractivity contribution is 0.747. The monoisotopic (exact) mass is 423 g/mol. The van der Waals surface area contributed by atoms with Crippen LogP contribution in [0.3, 0.4) is 0 Å². The van der Waals surface area contributed by atoms with Crippen molar-refractivity contribution in [3.63, 3.8) is 0 Å². The van der Waals surface area contributed by atoms with Crippen LogP contribution in [-0.4, -0.2) is 37.2 Å². The highest BCUT2D eigenvalue weighted by atomic mass is 15.3. The molecule has 3 aromatic heterocycles. The minimum Gasteiger partial charge on any atom is -0.383 e. The first-order valence-electron chi connectivity index (χ1n) is 10.7. The van der Waals surface area contributed by atoms with Crippen molar-refractivity contribution in [1.29, 1.82) is 0 Å². The van der Waals surface area contributed by atoms with Gasteiger partial charge in [0.1, 0.15) is 11.4 Å². The number of nitrogens with two attached hydrogens (primary N) is 1. The lowest BCUT2D eigenvalue weighted by Crippen LogP contribution is -2.17. The van der Waals surface area contributed by atoms with Gasteiger partial charge in [-0.15, -0.1) is 0 Å². The van der Waals surface area contributed by atoms with E-state index in [1.807, 2.05) is 30.5 Å². The van der Waals surface area contributed by atoms with E-state index in [2.05, 4.69) is 46.4 Å². The molecule has 0 amide bonds. The molecule has 1 aliphatic rings. The van der Waals surface area contributed by atoms with Crippen molar-refractivity contribution < 1.29 is 0 Å². The molecule has 7 heteroatoms. The molecule has 32 heavy (non-hydrogen) atoms. The van der Waals surface area contributed by atoms with Crippen molar-refractivity contribution in [2.75, 3.05) is 7.05 Å². The highest BCUT2D eigenvalue weighted by molar-refractivity contribution is 6.21. The van der Waals surface area contributed by atoms with E-state index in [0.29, 0.717) is 23.2 Å². The summed E-state index contributed by atoms with van der Waals surface area (Å²) in [5.74, 6) is 2.38. The number of imidazole rings is 1. The molecule has 0 aliphatic heterocycles. The van der Waals surface area contributed by atoms with E-state index in [1.54, 1.807) is 24.0 Å². The SMILES string of the molecule is C=C/C=C(\C(N)=NC)c1nc2ccc(-n3cccn3)nc2n1-c1ccc2c(c1)CCC2C. The van der Waals surface area contributed by atoms with Crippen molar-refractivity contribution in [1.82, 2.24) is 24.3 Å². The molecule has 2 N–H and O–H groups in total.